The van der Waals surface area contributed by atoms with E-state index < -0.39 is 5.91 Å². The van der Waals surface area contributed by atoms with Crippen LogP contribution >= 0.6 is 0 Å². The summed E-state index contributed by atoms with van der Waals surface area (Å²) >= 11 is 0. The van der Waals surface area contributed by atoms with Gasteiger partial charge in [0.15, 0.2) is 0 Å². The van der Waals surface area contributed by atoms with Gasteiger partial charge in [0.2, 0.25) is 0 Å². The zero-order chi connectivity index (χ0) is 17.8. The van der Waals surface area contributed by atoms with Gasteiger partial charge in [-0.05, 0) is 48.4 Å². The number of nitrogens with zero attached hydrogens (tertiary/aromatic N) is 1. The normalized spacial score (nSPS) is 15.7. The molecule has 1 aliphatic heterocycles. The van der Waals surface area contributed by atoms with E-state index >= 15 is 0 Å². The molecule has 5 heteroatoms. The monoisotopic (exact) mass is 334 g/mol. The van der Waals surface area contributed by atoms with Gasteiger partial charge < -0.3 is 14.8 Å². The second-order valence-corrected chi connectivity index (χ2v) is 5.82. The molecular weight excluding hydrogens is 316 g/mol. The number of carbonyl (C=O) groups excluding carboxylic acids is 1. The van der Waals surface area contributed by atoms with Gasteiger partial charge in [-0.2, -0.15) is 5.26 Å². The average molecular weight is 334 g/mol. The fourth-order valence-electron chi connectivity index (χ4n) is 2.78. The minimum atomic E-state index is -0.475. The maximum Gasteiger partial charge on any atom is 0.266 e. The Hall–Kier alpha value is -3.26. The van der Waals surface area contributed by atoms with Crippen LogP contribution in [-0.4, -0.2) is 19.1 Å². The van der Waals surface area contributed by atoms with Crippen LogP contribution in [-0.2, 0) is 11.2 Å². The van der Waals surface area contributed by atoms with Crippen molar-refractivity contribution in [2.24, 2.45) is 0 Å². The molecule has 0 saturated heterocycles. The molecule has 1 unspecified atom stereocenters. The molecule has 3 rings (SSSR count). The number of ether oxygens (including phenoxy) is 2. The van der Waals surface area contributed by atoms with Gasteiger partial charge in [-0.3, -0.25) is 4.79 Å². The van der Waals surface area contributed by atoms with Crippen LogP contribution in [0.4, 0.5) is 5.69 Å². The molecule has 126 valence electrons. The van der Waals surface area contributed by atoms with Crippen LogP contribution in [0.1, 0.15) is 18.1 Å². The van der Waals surface area contributed by atoms with Crippen LogP contribution in [0.15, 0.2) is 48.0 Å². The number of rotatable bonds is 4. The summed E-state index contributed by atoms with van der Waals surface area (Å²) in [6.07, 6.45) is 2.55. The summed E-state index contributed by atoms with van der Waals surface area (Å²) in [6.45, 7) is 2.01. The third kappa shape index (κ3) is 3.64. The molecule has 0 aromatic heterocycles. The third-order valence-corrected chi connectivity index (χ3v) is 3.95. The third-order valence-electron chi connectivity index (χ3n) is 3.95. The summed E-state index contributed by atoms with van der Waals surface area (Å²) in [5.74, 6) is 0.926. The topological polar surface area (TPSA) is 71.3 Å². The minimum Gasteiger partial charge on any atom is -0.495 e. The Bertz CT molecular complexity index is 881. The van der Waals surface area contributed by atoms with Crippen LogP contribution in [0, 0.1) is 11.3 Å². The van der Waals surface area contributed by atoms with Crippen LogP contribution in [0.5, 0.6) is 11.5 Å². The number of benzene rings is 2. The van der Waals surface area contributed by atoms with Crippen molar-refractivity contribution in [1.29, 1.82) is 5.26 Å². The predicted octanol–water partition coefficient (Wildman–Crippen LogP) is 3.56. The van der Waals surface area contributed by atoms with Gasteiger partial charge in [0.25, 0.3) is 5.91 Å². The fourth-order valence-corrected chi connectivity index (χ4v) is 2.78. The molecule has 0 radical (unpaired) electrons. The number of hydrogen-bond donors (Lipinski definition) is 1. The Morgan fingerprint density at radius 1 is 1.36 bits per heavy atom. The van der Waals surface area contributed by atoms with E-state index in [0.717, 1.165) is 23.3 Å². The molecule has 25 heavy (non-hydrogen) atoms. The number of fused-ring (bicyclic) bond motifs is 1. The Morgan fingerprint density at radius 3 is 2.92 bits per heavy atom. The first kappa shape index (κ1) is 16.6. The molecule has 1 N–H and O–H groups in total. The zero-order valence-corrected chi connectivity index (χ0v) is 14.1. The lowest BCUT2D eigenvalue weighted by Crippen LogP contribution is -2.14. The molecular formula is C20H18N2O3. The van der Waals surface area contributed by atoms with E-state index in [2.05, 4.69) is 5.32 Å². The fraction of sp³-hybridized carbons (Fsp3) is 0.200. The molecule has 0 saturated carbocycles. The van der Waals surface area contributed by atoms with E-state index in [0.29, 0.717) is 11.4 Å². The summed E-state index contributed by atoms with van der Waals surface area (Å²) in [6, 6.07) is 14.7. The van der Waals surface area contributed by atoms with Crippen molar-refractivity contribution in [2.45, 2.75) is 19.4 Å². The number of anilines is 1. The number of amides is 1. The Kier molecular flexibility index (Phi) is 4.71. The molecule has 1 amide bonds. The van der Waals surface area contributed by atoms with Crippen LogP contribution in [0.2, 0.25) is 0 Å². The van der Waals surface area contributed by atoms with E-state index in [1.807, 2.05) is 37.3 Å². The quantitative estimate of drug-likeness (QED) is 0.685. The number of carbonyl (C=O) groups is 1. The lowest BCUT2D eigenvalue weighted by atomic mass is 10.0. The average Bonchev–Trinajstić information content (AvgIpc) is 2.99. The highest BCUT2D eigenvalue weighted by molar-refractivity contribution is 6.10. The predicted molar refractivity (Wildman–Crippen MR) is 95.4 cm³/mol. The molecule has 0 bridgehead atoms. The number of methoxy groups -OCH3 is 1. The zero-order valence-electron chi connectivity index (χ0n) is 14.1. The number of para-hydroxylation sites is 2. The molecule has 0 aliphatic carbocycles. The first-order chi connectivity index (χ1) is 12.1. The van der Waals surface area contributed by atoms with Gasteiger partial charge in [-0.1, -0.05) is 18.2 Å². The maximum absolute atomic E-state index is 12.4. The Labute approximate surface area is 146 Å². The summed E-state index contributed by atoms with van der Waals surface area (Å²) in [5.41, 5.74) is 2.43. The number of nitrogens with one attached hydrogen (secondary N) is 1. The summed E-state index contributed by atoms with van der Waals surface area (Å²) < 4.78 is 10.9. The van der Waals surface area contributed by atoms with Crippen molar-refractivity contribution < 1.29 is 14.3 Å². The second-order valence-electron chi connectivity index (χ2n) is 5.82. The molecule has 2 aromatic carbocycles. The van der Waals surface area contributed by atoms with Crippen LogP contribution in [0.25, 0.3) is 6.08 Å². The standard InChI is InChI=1S/C20H18N2O3/c1-13-9-15-10-14(7-8-18(15)25-13)11-16(12-21)20(23)22-17-5-3-4-6-19(17)24-2/h3-8,10-11,13H,9H2,1-2H3,(H,22,23)/b16-11-. The van der Waals surface area contributed by atoms with Gasteiger partial charge in [0, 0.05) is 6.42 Å². The Morgan fingerprint density at radius 2 is 2.16 bits per heavy atom. The van der Waals surface area contributed by atoms with Gasteiger partial charge >= 0.3 is 0 Å². The van der Waals surface area contributed by atoms with E-state index in [1.54, 1.807) is 24.3 Å². The van der Waals surface area contributed by atoms with Crippen molar-refractivity contribution in [3.8, 4) is 17.6 Å². The van der Waals surface area contributed by atoms with Crippen molar-refractivity contribution in [3.05, 3.63) is 59.2 Å². The first-order valence-corrected chi connectivity index (χ1v) is 7.96. The second kappa shape index (κ2) is 7.10. The summed E-state index contributed by atoms with van der Waals surface area (Å²) in [7, 11) is 1.53. The van der Waals surface area contributed by atoms with Gasteiger partial charge in [-0.15, -0.1) is 0 Å². The number of nitriles is 1. The van der Waals surface area contributed by atoms with E-state index in [9.17, 15) is 10.1 Å². The number of hydrogen-bond acceptors (Lipinski definition) is 4. The Balaban J connectivity index is 1.82. The lowest BCUT2D eigenvalue weighted by Gasteiger charge is -2.09. The van der Waals surface area contributed by atoms with Crippen molar-refractivity contribution in [2.75, 3.05) is 12.4 Å². The molecule has 5 nitrogen and oxygen atoms in total. The molecule has 0 spiro atoms. The van der Waals surface area contributed by atoms with E-state index in [4.69, 9.17) is 9.47 Å². The molecule has 0 fully saturated rings. The van der Waals surface area contributed by atoms with Crippen LogP contribution < -0.4 is 14.8 Å². The van der Waals surface area contributed by atoms with Gasteiger partial charge in [0.1, 0.15) is 29.2 Å². The highest BCUT2D eigenvalue weighted by Crippen LogP contribution is 2.30. The minimum absolute atomic E-state index is 0.0258. The molecule has 2 aromatic rings. The summed E-state index contributed by atoms with van der Waals surface area (Å²) in [4.78, 5) is 12.4. The smallest absolute Gasteiger partial charge is 0.266 e. The molecule has 1 aliphatic rings. The van der Waals surface area contributed by atoms with Crippen molar-refractivity contribution >= 4 is 17.7 Å². The molecule has 1 heterocycles. The lowest BCUT2D eigenvalue weighted by molar-refractivity contribution is -0.112. The van der Waals surface area contributed by atoms with Crippen molar-refractivity contribution in [1.82, 2.24) is 0 Å². The largest absolute Gasteiger partial charge is 0.495 e. The highest BCUT2D eigenvalue weighted by Gasteiger charge is 2.19. The van der Waals surface area contributed by atoms with Gasteiger partial charge in [-0.25, -0.2) is 0 Å². The van der Waals surface area contributed by atoms with E-state index in [-0.39, 0.29) is 11.7 Å². The van der Waals surface area contributed by atoms with Crippen molar-refractivity contribution in [3.63, 3.8) is 0 Å². The van der Waals surface area contributed by atoms with Crippen LogP contribution in [0.3, 0.4) is 0 Å². The van der Waals surface area contributed by atoms with E-state index in [1.165, 1.54) is 7.11 Å². The maximum atomic E-state index is 12.4. The summed E-state index contributed by atoms with van der Waals surface area (Å²) in [5, 5.41) is 12.1. The molecule has 1 atom stereocenters. The first-order valence-electron chi connectivity index (χ1n) is 7.96. The van der Waals surface area contributed by atoms with Gasteiger partial charge in [0.05, 0.1) is 12.8 Å². The highest BCUT2D eigenvalue weighted by atomic mass is 16.5. The SMILES string of the molecule is COc1ccccc1NC(=O)/C(C#N)=C\c1ccc2c(c1)CC(C)O2.